The van der Waals surface area contributed by atoms with Gasteiger partial charge in [0.25, 0.3) is 5.56 Å². The zero-order valence-electron chi connectivity index (χ0n) is 23.2. The van der Waals surface area contributed by atoms with E-state index in [0.29, 0.717) is 26.4 Å². The van der Waals surface area contributed by atoms with Crippen molar-refractivity contribution in [3.05, 3.63) is 126 Å². The second-order valence-electron chi connectivity index (χ2n) is 9.44. The van der Waals surface area contributed by atoms with Crippen LogP contribution in [0.15, 0.2) is 98.7 Å². The van der Waals surface area contributed by atoms with Gasteiger partial charge < -0.3 is 14.6 Å². The number of rotatable bonds is 9. The van der Waals surface area contributed by atoms with E-state index in [-0.39, 0.29) is 24.3 Å². The predicted molar refractivity (Wildman–Crippen MR) is 163 cm³/mol. The summed E-state index contributed by atoms with van der Waals surface area (Å²) < 4.78 is 13.3. The number of hydrogen-bond acceptors (Lipinski definition) is 8. The van der Waals surface area contributed by atoms with Gasteiger partial charge in [0.1, 0.15) is 12.4 Å². The average molecular weight is 601 g/mol. The van der Waals surface area contributed by atoms with Gasteiger partial charge >= 0.3 is 11.9 Å². The number of ether oxygens (including phenoxy) is 2. The van der Waals surface area contributed by atoms with Gasteiger partial charge in [-0.15, -0.1) is 11.8 Å². The molecule has 8 nitrogen and oxygen atoms in total. The lowest BCUT2D eigenvalue weighted by Gasteiger charge is -2.24. The third kappa shape index (κ3) is 6.09. The molecular formula is C32H28N2O6S2. The molecule has 0 aliphatic carbocycles. The molecule has 3 aromatic carbocycles. The van der Waals surface area contributed by atoms with Crippen LogP contribution in [0.5, 0.6) is 5.75 Å². The van der Waals surface area contributed by atoms with Crippen molar-refractivity contribution in [3.8, 4) is 5.75 Å². The second kappa shape index (κ2) is 12.6. The van der Waals surface area contributed by atoms with Crippen LogP contribution in [0, 0.1) is 0 Å². The summed E-state index contributed by atoms with van der Waals surface area (Å²) in [6.07, 6.45) is 3.78. The monoisotopic (exact) mass is 600 g/mol. The Kier molecular flexibility index (Phi) is 8.75. The number of carboxylic acids is 1. The molecule has 1 atom stereocenters. The van der Waals surface area contributed by atoms with Gasteiger partial charge in [0.05, 0.1) is 34.0 Å². The fourth-order valence-corrected chi connectivity index (χ4v) is 6.12. The summed E-state index contributed by atoms with van der Waals surface area (Å²) in [7, 11) is 0. The molecule has 0 saturated heterocycles. The zero-order valence-corrected chi connectivity index (χ0v) is 24.8. The minimum Gasteiger partial charge on any atom is -0.489 e. The number of hydrogen-bond donors (Lipinski definition) is 1. The van der Waals surface area contributed by atoms with Gasteiger partial charge in [-0.05, 0) is 79.3 Å². The first-order valence-electron chi connectivity index (χ1n) is 13.2. The fourth-order valence-electron chi connectivity index (χ4n) is 4.67. The average Bonchev–Trinajstić information content (AvgIpc) is 3.30. The maximum atomic E-state index is 13.8. The van der Waals surface area contributed by atoms with Gasteiger partial charge in [-0.25, -0.2) is 14.6 Å². The predicted octanol–water partition coefficient (Wildman–Crippen LogP) is 4.80. The van der Waals surface area contributed by atoms with E-state index in [0.717, 1.165) is 21.6 Å². The summed E-state index contributed by atoms with van der Waals surface area (Å²) in [6.45, 7) is 3.95. The quantitative estimate of drug-likeness (QED) is 0.217. The first-order chi connectivity index (χ1) is 20.3. The molecule has 4 aromatic rings. The first-order valence-corrected chi connectivity index (χ1v) is 15.2. The van der Waals surface area contributed by atoms with Crippen LogP contribution in [0.1, 0.15) is 46.9 Å². The maximum absolute atomic E-state index is 13.8. The molecule has 0 fully saturated rings. The highest BCUT2D eigenvalue weighted by Gasteiger charge is 2.33. The highest BCUT2D eigenvalue weighted by Crippen LogP contribution is 2.31. The number of allylic oxidation sites excluding steroid dienone is 1. The molecule has 5 rings (SSSR count). The number of aromatic nitrogens is 1. The number of esters is 1. The third-order valence-electron chi connectivity index (χ3n) is 6.71. The third-order valence-corrected chi connectivity index (χ3v) is 8.43. The van der Waals surface area contributed by atoms with Gasteiger partial charge in [-0.1, -0.05) is 47.7 Å². The smallest absolute Gasteiger partial charge is 0.338 e. The molecule has 10 heteroatoms. The molecule has 0 saturated carbocycles. The van der Waals surface area contributed by atoms with E-state index in [4.69, 9.17) is 9.47 Å². The fraction of sp³-hybridized carbons (Fsp3) is 0.188. The minimum absolute atomic E-state index is 0.205. The van der Waals surface area contributed by atoms with Crippen molar-refractivity contribution in [1.82, 2.24) is 4.57 Å². The van der Waals surface area contributed by atoms with Gasteiger partial charge in [0.15, 0.2) is 4.80 Å². The molecular weight excluding hydrogens is 572 g/mol. The Morgan fingerprint density at radius 2 is 1.83 bits per heavy atom. The number of thioether (sulfide) groups is 1. The number of fused-ring (bicyclic) bond motifs is 1. The summed E-state index contributed by atoms with van der Waals surface area (Å²) in [6, 6.07) is 21.0. The number of carbonyl (C=O) groups is 2. The summed E-state index contributed by atoms with van der Waals surface area (Å²) in [4.78, 5) is 44.3. The van der Waals surface area contributed by atoms with Crippen molar-refractivity contribution in [2.45, 2.75) is 31.4 Å². The molecule has 2 heterocycles. The number of aromatic carboxylic acids is 1. The van der Waals surface area contributed by atoms with E-state index in [9.17, 15) is 19.5 Å². The number of carboxylic acid groups (broad SMARTS) is 1. The van der Waals surface area contributed by atoms with Crippen LogP contribution in [-0.2, 0) is 16.1 Å². The van der Waals surface area contributed by atoms with Crippen molar-refractivity contribution in [1.29, 1.82) is 0 Å². The van der Waals surface area contributed by atoms with E-state index in [1.165, 1.54) is 17.4 Å². The molecule has 0 amide bonds. The number of thiazole rings is 1. The largest absolute Gasteiger partial charge is 0.489 e. The summed E-state index contributed by atoms with van der Waals surface area (Å²) >= 11 is 2.88. The van der Waals surface area contributed by atoms with E-state index in [1.54, 1.807) is 66.6 Å². The number of nitrogens with zero attached hydrogens (tertiary/aromatic N) is 2. The van der Waals surface area contributed by atoms with E-state index >= 15 is 0 Å². The highest BCUT2D eigenvalue weighted by atomic mass is 32.2. The molecule has 1 aromatic heterocycles. The molecule has 1 N–H and O–H groups in total. The molecule has 1 aliphatic heterocycles. The Labute approximate surface area is 250 Å². The first kappa shape index (κ1) is 29.1. The Morgan fingerprint density at radius 1 is 1.10 bits per heavy atom. The van der Waals surface area contributed by atoms with Crippen LogP contribution in [0.2, 0.25) is 0 Å². The topological polar surface area (TPSA) is 107 Å². The SMILES string of the molecule is CCOC(=O)C1=C(C)N=c2s/c(=C\c3ccc(OCc4cccc(C(=O)O)c4)cc3)c(=O)n2[C@@H]1c1ccc(SC)cc1. The van der Waals surface area contributed by atoms with Crippen molar-refractivity contribution in [2.24, 2.45) is 4.99 Å². The maximum Gasteiger partial charge on any atom is 0.338 e. The van der Waals surface area contributed by atoms with Crippen molar-refractivity contribution >= 4 is 41.1 Å². The van der Waals surface area contributed by atoms with Gasteiger partial charge in [-0.2, -0.15) is 0 Å². The van der Waals surface area contributed by atoms with E-state index in [2.05, 4.69) is 4.99 Å². The molecule has 1 aliphatic rings. The number of carbonyl (C=O) groups excluding carboxylic acids is 1. The normalized spacial score (nSPS) is 14.7. The van der Waals surface area contributed by atoms with E-state index in [1.807, 2.05) is 42.7 Å². The van der Waals surface area contributed by atoms with Crippen LogP contribution < -0.4 is 19.6 Å². The summed E-state index contributed by atoms with van der Waals surface area (Å²) in [5.41, 5.74) is 3.17. The molecule has 0 spiro atoms. The van der Waals surface area contributed by atoms with Crippen LogP contribution in [0.3, 0.4) is 0 Å². The zero-order chi connectivity index (χ0) is 29.8. The van der Waals surface area contributed by atoms with Crippen molar-refractivity contribution in [2.75, 3.05) is 12.9 Å². The summed E-state index contributed by atoms with van der Waals surface area (Å²) in [5.74, 6) is -0.867. The van der Waals surface area contributed by atoms with E-state index < -0.39 is 18.0 Å². The minimum atomic E-state index is -0.987. The Bertz CT molecular complexity index is 1850. The second-order valence-corrected chi connectivity index (χ2v) is 11.3. The molecule has 0 bridgehead atoms. The molecule has 214 valence electrons. The lowest BCUT2D eigenvalue weighted by Crippen LogP contribution is -2.39. The molecule has 42 heavy (non-hydrogen) atoms. The Balaban J connectivity index is 1.46. The number of benzene rings is 3. The van der Waals surface area contributed by atoms with Crippen LogP contribution in [-0.4, -0.2) is 34.5 Å². The molecule has 0 radical (unpaired) electrons. The van der Waals surface area contributed by atoms with Crippen molar-refractivity contribution < 1.29 is 24.2 Å². The standard InChI is InChI=1S/C32H28N2O6S2/c1-4-39-31(38)27-19(2)33-32-34(28(27)22-10-14-25(41-3)15-11-22)29(35)26(42-32)17-20-8-12-24(13-9-20)40-18-21-6-5-7-23(16-21)30(36)37/h5-17,28H,4,18H2,1-3H3,(H,36,37)/b26-17-/t28-/m1/s1. The summed E-state index contributed by atoms with van der Waals surface area (Å²) in [5, 5.41) is 9.19. The van der Waals surface area contributed by atoms with Crippen molar-refractivity contribution in [3.63, 3.8) is 0 Å². The van der Waals surface area contributed by atoms with Crippen LogP contribution in [0.4, 0.5) is 0 Å². The Morgan fingerprint density at radius 3 is 2.50 bits per heavy atom. The van der Waals surface area contributed by atoms with Gasteiger partial charge in [0, 0.05) is 4.90 Å². The van der Waals surface area contributed by atoms with Crippen LogP contribution >= 0.6 is 23.1 Å². The lowest BCUT2D eigenvalue weighted by molar-refractivity contribution is -0.139. The lowest BCUT2D eigenvalue weighted by atomic mass is 9.96. The molecule has 0 unspecified atom stereocenters. The highest BCUT2D eigenvalue weighted by molar-refractivity contribution is 7.98. The van der Waals surface area contributed by atoms with Gasteiger partial charge in [0.2, 0.25) is 0 Å². The Hall–Kier alpha value is -4.41. The van der Waals surface area contributed by atoms with Gasteiger partial charge in [-0.3, -0.25) is 9.36 Å². The van der Waals surface area contributed by atoms with Crippen LogP contribution in [0.25, 0.3) is 6.08 Å².